The van der Waals surface area contributed by atoms with Crippen molar-refractivity contribution in [3.8, 4) is 11.8 Å². The molecule has 0 aromatic carbocycles. The van der Waals surface area contributed by atoms with Gasteiger partial charge in [0.1, 0.15) is 0 Å². The molecule has 0 aliphatic heterocycles. The predicted molar refractivity (Wildman–Crippen MR) is 49.8 cm³/mol. The van der Waals surface area contributed by atoms with E-state index in [1.54, 1.807) is 6.20 Å². The van der Waals surface area contributed by atoms with Crippen LogP contribution in [-0.4, -0.2) is 16.1 Å². The number of aryl methyl sites for hydroxylation is 1. The Morgan fingerprint density at radius 2 is 2.50 bits per heavy atom. The fourth-order valence-electron chi connectivity index (χ4n) is 0.898. The molecule has 0 radical (unpaired) electrons. The highest BCUT2D eigenvalue weighted by Crippen LogP contribution is 1.99. The molecule has 0 saturated heterocycles. The second-order valence-corrected chi connectivity index (χ2v) is 2.47. The third-order valence-corrected chi connectivity index (χ3v) is 1.53. The summed E-state index contributed by atoms with van der Waals surface area (Å²) in [6, 6.07) is 0. The van der Waals surface area contributed by atoms with E-state index < -0.39 is 0 Å². The molecule has 1 N–H and O–H groups in total. The molecule has 0 aliphatic rings. The molecule has 0 spiro atoms. The minimum atomic E-state index is 0.853. The molecule has 0 fully saturated rings. The Kier molecular flexibility index (Phi) is 3.21. The minimum Gasteiger partial charge on any atom is -0.355 e. The van der Waals surface area contributed by atoms with Crippen LogP contribution >= 0.6 is 0 Å². The summed E-state index contributed by atoms with van der Waals surface area (Å²) in [5, 5.41) is 3.18. The van der Waals surface area contributed by atoms with Crippen LogP contribution in [0.1, 0.15) is 13.3 Å². The van der Waals surface area contributed by atoms with E-state index in [0.717, 1.165) is 18.9 Å². The van der Waals surface area contributed by atoms with Crippen molar-refractivity contribution in [2.45, 2.75) is 13.3 Å². The Morgan fingerprint density at radius 1 is 1.67 bits per heavy atom. The van der Waals surface area contributed by atoms with Gasteiger partial charge in [-0.3, -0.25) is 0 Å². The van der Waals surface area contributed by atoms with Gasteiger partial charge in [0, 0.05) is 32.4 Å². The Morgan fingerprint density at radius 3 is 3.08 bits per heavy atom. The molecular weight excluding hydrogens is 150 g/mol. The highest BCUT2D eigenvalue weighted by atomic mass is 15.2. The van der Waals surface area contributed by atoms with E-state index in [-0.39, 0.29) is 0 Å². The standard InChI is InChI=1S/C9H13N3/c1-3-4-5-6-10-9-11-7-8-12(9)2/h7-8H,5-6H2,1-2H3,(H,10,11). The summed E-state index contributed by atoms with van der Waals surface area (Å²) in [5.41, 5.74) is 0. The SMILES string of the molecule is CC#CCCNc1nccn1C. The van der Waals surface area contributed by atoms with Crippen molar-refractivity contribution < 1.29 is 0 Å². The molecule has 12 heavy (non-hydrogen) atoms. The predicted octanol–water partition coefficient (Wildman–Crippen LogP) is 1.25. The highest BCUT2D eigenvalue weighted by Gasteiger charge is 1.94. The van der Waals surface area contributed by atoms with Crippen molar-refractivity contribution in [1.82, 2.24) is 9.55 Å². The fourth-order valence-corrected chi connectivity index (χ4v) is 0.898. The Hall–Kier alpha value is -1.43. The van der Waals surface area contributed by atoms with Gasteiger partial charge >= 0.3 is 0 Å². The van der Waals surface area contributed by atoms with Crippen molar-refractivity contribution in [3.63, 3.8) is 0 Å². The van der Waals surface area contributed by atoms with E-state index in [1.807, 2.05) is 24.7 Å². The van der Waals surface area contributed by atoms with E-state index >= 15 is 0 Å². The van der Waals surface area contributed by atoms with Gasteiger partial charge in [0.05, 0.1) is 0 Å². The molecule has 0 bridgehead atoms. The number of rotatable bonds is 3. The van der Waals surface area contributed by atoms with Crippen molar-refractivity contribution in [3.05, 3.63) is 12.4 Å². The Labute approximate surface area is 72.8 Å². The van der Waals surface area contributed by atoms with Gasteiger partial charge in [-0.25, -0.2) is 4.98 Å². The topological polar surface area (TPSA) is 29.9 Å². The molecule has 1 aromatic heterocycles. The Balaban J connectivity index is 2.32. The van der Waals surface area contributed by atoms with Crippen LogP contribution in [0.25, 0.3) is 0 Å². The molecular formula is C9H13N3. The van der Waals surface area contributed by atoms with Crippen LogP contribution in [0, 0.1) is 11.8 Å². The zero-order valence-corrected chi connectivity index (χ0v) is 7.46. The summed E-state index contributed by atoms with van der Waals surface area (Å²) in [4.78, 5) is 4.12. The number of hydrogen-bond donors (Lipinski definition) is 1. The lowest BCUT2D eigenvalue weighted by Crippen LogP contribution is -2.05. The van der Waals surface area contributed by atoms with Crippen LogP contribution < -0.4 is 5.32 Å². The maximum Gasteiger partial charge on any atom is 0.202 e. The van der Waals surface area contributed by atoms with Gasteiger partial charge in [-0.05, 0) is 6.92 Å². The van der Waals surface area contributed by atoms with Crippen LogP contribution in [0.3, 0.4) is 0 Å². The summed E-state index contributed by atoms with van der Waals surface area (Å²) in [6.45, 7) is 2.70. The molecule has 0 atom stereocenters. The minimum absolute atomic E-state index is 0.853. The van der Waals surface area contributed by atoms with Gasteiger partial charge in [-0.1, -0.05) is 0 Å². The molecule has 1 rings (SSSR count). The first-order chi connectivity index (χ1) is 5.84. The molecule has 0 unspecified atom stereocenters. The first-order valence-corrected chi connectivity index (χ1v) is 3.95. The Bertz CT molecular complexity index is 290. The third-order valence-electron chi connectivity index (χ3n) is 1.53. The van der Waals surface area contributed by atoms with Gasteiger partial charge in [0.2, 0.25) is 5.95 Å². The van der Waals surface area contributed by atoms with Crippen LogP contribution in [0.4, 0.5) is 5.95 Å². The number of hydrogen-bond acceptors (Lipinski definition) is 2. The summed E-state index contributed by atoms with van der Waals surface area (Å²) >= 11 is 0. The van der Waals surface area contributed by atoms with Crippen molar-refractivity contribution in [2.24, 2.45) is 7.05 Å². The molecule has 1 heterocycles. The second kappa shape index (κ2) is 4.45. The summed E-state index contributed by atoms with van der Waals surface area (Å²) < 4.78 is 1.94. The van der Waals surface area contributed by atoms with Crippen LogP contribution in [0.5, 0.6) is 0 Å². The first kappa shape index (κ1) is 8.66. The molecule has 3 nitrogen and oxygen atoms in total. The highest BCUT2D eigenvalue weighted by molar-refractivity contribution is 5.25. The molecule has 0 amide bonds. The molecule has 3 heteroatoms. The average Bonchev–Trinajstić information content (AvgIpc) is 2.46. The quantitative estimate of drug-likeness (QED) is 0.536. The van der Waals surface area contributed by atoms with Gasteiger partial charge < -0.3 is 9.88 Å². The maximum absolute atomic E-state index is 4.12. The van der Waals surface area contributed by atoms with E-state index in [4.69, 9.17) is 0 Å². The smallest absolute Gasteiger partial charge is 0.202 e. The van der Waals surface area contributed by atoms with Gasteiger partial charge in [0.15, 0.2) is 0 Å². The summed E-state index contributed by atoms with van der Waals surface area (Å²) in [5.74, 6) is 6.72. The van der Waals surface area contributed by atoms with Crippen LogP contribution in [0.15, 0.2) is 12.4 Å². The lowest BCUT2D eigenvalue weighted by Gasteiger charge is -2.02. The number of anilines is 1. The van der Waals surface area contributed by atoms with E-state index in [1.165, 1.54) is 0 Å². The first-order valence-electron chi connectivity index (χ1n) is 3.95. The number of nitrogens with one attached hydrogen (secondary N) is 1. The second-order valence-electron chi connectivity index (χ2n) is 2.47. The largest absolute Gasteiger partial charge is 0.355 e. The van der Waals surface area contributed by atoms with Crippen molar-refractivity contribution in [1.29, 1.82) is 0 Å². The summed E-state index contributed by atoms with van der Waals surface area (Å²) in [7, 11) is 1.96. The molecule has 64 valence electrons. The number of aromatic nitrogens is 2. The van der Waals surface area contributed by atoms with Crippen LogP contribution in [-0.2, 0) is 7.05 Å². The lowest BCUT2D eigenvalue weighted by molar-refractivity contribution is 0.898. The van der Waals surface area contributed by atoms with E-state index in [9.17, 15) is 0 Å². The molecule has 0 saturated carbocycles. The van der Waals surface area contributed by atoms with Crippen LogP contribution in [0.2, 0.25) is 0 Å². The fraction of sp³-hybridized carbons (Fsp3) is 0.444. The zero-order chi connectivity index (χ0) is 8.81. The van der Waals surface area contributed by atoms with Crippen molar-refractivity contribution in [2.75, 3.05) is 11.9 Å². The van der Waals surface area contributed by atoms with E-state index in [0.29, 0.717) is 0 Å². The number of imidazole rings is 1. The van der Waals surface area contributed by atoms with Crippen molar-refractivity contribution >= 4 is 5.95 Å². The summed E-state index contributed by atoms with van der Waals surface area (Å²) in [6.07, 6.45) is 4.55. The zero-order valence-electron chi connectivity index (χ0n) is 7.46. The monoisotopic (exact) mass is 163 g/mol. The molecule has 1 aromatic rings. The normalized spacial score (nSPS) is 8.83. The van der Waals surface area contributed by atoms with Gasteiger partial charge in [-0.15, -0.1) is 11.8 Å². The van der Waals surface area contributed by atoms with Gasteiger partial charge in [-0.2, -0.15) is 0 Å². The third kappa shape index (κ3) is 2.31. The lowest BCUT2D eigenvalue weighted by atomic mass is 10.4. The molecule has 0 aliphatic carbocycles. The average molecular weight is 163 g/mol. The maximum atomic E-state index is 4.12. The van der Waals surface area contributed by atoms with Gasteiger partial charge in [0.25, 0.3) is 0 Å². The number of nitrogens with zero attached hydrogens (tertiary/aromatic N) is 2. The van der Waals surface area contributed by atoms with E-state index in [2.05, 4.69) is 22.1 Å².